The summed E-state index contributed by atoms with van der Waals surface area (Å²) in [7, 11) is 0. The molecule has 0 fully saturated rings. The summed E-state index contributed by atoms with van der Waals surface area (Å²) in [6.07, 6.45) is 1.63. The normalized spacial score (nSPS) is 10.1. The van der Waals surface area contributed by atoms with E-state index in [2.05, 4.69) is 10.3 Å². The van der Waals surface area contributed by atoms with Crippen LogP contribution in [0.2, 0.25) is 5.02 Å². The number of hydrogen-bond donors (Lipinski definition) is 2. The van der Waals surface area contributed by atoms with Crippen LogP contribution in [0.4, 0.5) is 5.82 Å². The molecule has 2 aromatic rings. The molecule has 0 aliphatic heterocycles. The predicted molar refractivity (Wildman–Crippen MR) is 69.7 cm³/mol. The number of amides is 1. The van der Waals surface area contributed by atoms with E-state index in [0.29, 0.717) is 5.02 Å². The fourth-order valence-electron chi connectivity index (χ4n) is 1.48. The van der Waals surface area contributed by atoms with Crippen LogP contribution in [-0.4, -0.2) is 16.0 Å². The lowest BCUT2D eigenvalue weighted by Gasteiger charge is -2.06. The van der Waals surface area contributed by atoms with Gasteiger partial charge in [-0.25, -0.2) is 4.98 Å². The second kappa shape index (κ2) is 5.51. The summed E-state index contributed by atoms with van der Waals surface area (Å²) in [6.45, 7) is 0. The Morgan fingerprint density at radius 3 is 2.78 bits per heavy atom. The van der Waals surface area contributed by atoms with E-state index in [-0.39, 0.29) is 23.9 Å². The van der Waals surface area contributed by atoms with E-state index in [1.54, 1.807) is 24.3 Å². The van der Waals surface area contributed by atoms with Gasteiger partial charge in [-0.3, -0.25) is 4.79 Å². The zero-order valence-corrected chi connectivity index (χ0v) is 10.2. The van der Waals surface area contributed by atoms with Crippen LogP contribution in [-0.2, 0) is 11.2 Å². The van der Waals surface area contributed by atoms with E-state index in [1.165, 1.54) is 12.3 Å². The van der Waals surface area contributed by atoms with E-state index < -0.39 is 0 Å². The van der Waals surface area contributed by atoms with Crippen molar-refractivity contribution in [1.29, 1.82) is 0 Å². The molecule has 0 bridgehead atoms. The molecule has 0 aliphatic rings. The highest BCUT2D eigenvalue weighted by molar-refractivity contribution is 6.31. The molecule has 0 spiro atoms. The second-order valence-electron chi connectivity index (χ2n) is 3.69. The van der Waals surface area contributed by atoms with Gasteiger partial charge in [-0.2, -0.15) is 0 Å². The fraction of sp³-hybridized carbons (Fsp3) is 0.0769. The van der Waals surface area contributed by atoms with Gasteiger partial charge in [0.15, 0.2) is 11.6 Å². The minimum absolute atomic E-state index is 0.0648. The highest BCUT2D eigenvalue weighted by Gasteiger charge is 2.09. The molecule has 0 saturated carbocycles. The first-order valence-electron chi connectivity index (χ1n) is 5.34. The van der Waals surface area contributed by atoms with Crippen LogP contribution in [0.15, 0.2) is 42.6 Å². The number of aromatic nitrogens is 1. The van der Waals surface area contributed by atoms with Crippen molar-refractivity contribution >= 4 is 23.3 Å². The summed E-state index contributed by atoms with van der Waals surface area (Å²) in [6, 6.07) is 10.2. The number of halogens is 1. The zero-order chi connectivity index (χ0) is 13.0. The molecule has 0 saturated heterocycles. The molecule has 1 aromatic carbocycles. The Morgan fingerprint density at radius 1 is 1.28 bits per heavy atom. The monoisotopic (exact) mass is 262 g/mol. The lowest BCUT2D eigenvalue weighted by atomic mass is 10.1. The molecule has 0 atom stereocenters. The van der Waals surface area contributed by atoms with Crippen LogP contribution in [0.25, 0.3) is 0 Å². The summed E-state index contributed by atoms with van der Waals surface area (Å²) < 4.78 is 0. The van der Waals surface area contributed by atoms with Gasteiger partial charge in [-0.15, -0.1) is 0 Å². The highest BCUT2D eigenvalue weighted by atomic mass is 35.5. The Balaban J connectivity index is 2.06. The SMILES string of the molecule is O=C(Cc1ccccc1Cl)Nc1ncccc1O. The van der Waals surface area contributed by atoms with Crippen LogP contribution in [0.3, 0.4) is 0 Å². The van der Waals surface area contributed by atoms with E-state index in [1.807, 2.05) is 6.07 Å². The Bertz CT molecular complexity index is 523. The van der Waals surface area contributed by atoms with Gasteiger partial charge in [-0.05, 0) is 23.8 Å². The third-order valence-electron chi connectivity index (χ3n) is 2.35. The molecular weight excluding hydrogens is 252 g/mol. The summed E-state index contributed by atoms with van der Waals surface area (Å²) in [5.41, 5.74) is 0.729. The van der Waals surface area contributed by atoms with Crippen LogP contribution in [0.1, 0.15) is 5.56 Å². The number of nitrogens with one attached hydrogen (secondary N) is 1. The average Bonchev–Trinajstić information content (AvgIpc) is 2.35. The molecule has 0 radical (unpaired) electrons. The lowest BCUT2D eigenvalue weighted by molar-refractivity contribution is -0.115. The van der Waals surface area contributed by atoms with E-state index in [0.717, 1.165) is 5.56 Å². The van der Waals surface area contributed by atoms with Crippen molar-refractivity contribution in [3.63, 3.8) is 0 Å². The van der Waals surface area contributed by atoms with Crippen molar-refractivity contribution in [2.75, 3.05) is 5.32 Å². The van der Waals surface area contributed by atoms with Gasteiger partial charge in [0.05, 0.1) is 6.42 Å². The van der Waals surface area contributed by atoms with Crippen molar-refractivity contribution in [1.82, 2.24) is 4.98 Å². The van der Waals surface area contributed by atoms with Crippen molar-refractivity contribution in [2.24, 2.45) is 0 Å². The van der Waals surface area contributed by atoms with E-state index >= 15 is 0 Å². The maximum Gasteiger partial charge on any atom is 0.230 e. The minimum atomic E-state index is -0.280. The largest absolute Gasteiger partial charge is 0.504 e. The molecule has 4 nitrogen and oxygen atoms in total. The van der Waals surface area contributed by atoms with Gasteiger partial charge in [-0.1, -0.05) is 29.8 Å². The number of anilines is 1. The molecule has 92 valence electrons. The smallest absolute Gasteiger partial charge is 0.230 e. The Labute approximate surface area is 109 Å². The first kappa shape index (κ1) is 12.4. The third kappa shape index (κ3) is 2.99. The molecule has 0 aliphatic carbocycles. The summed E-state index contributed by atoms with van der Waals surface area (Å²) >= 11 is 5.96. The number of aromatic hydroxyl groups is 1. The van der Waals surface area contributed by atoms with Gasteiger partial charge in [0.1, 0.15) is 0 Å². The first-order valence-corrected chi connectivity index (χ1v) is 5.72. The fourth-order valence-corrected chi connectivity index (χ4v) is 1.69. The predicted octanol–water partition coefficient (Wildman–Crippen LogP) is 2.62. The molecule has 0 unspecified atom stereocenters. The van der Waals surface area contributed by atoms with Crippen LogP contribution < -0.4 is 5.32 Å². The van der Waals surface area contributed by atoms with Gasteiger partial charge in [0.2, 0.25) is 5.91 Å². The van der Waals surface area contributed by atoms with Gasteiger partial charge in [0.25, 0.3) is 0 Å². The van der Waals surface area contributed by atoms with Crippen molar-refractivity contribution < 1.29 is 9.90 Å². The number of benzene rings is 1. The van der Waals surface area contributed by atoms with Crippen molar-refractivity contribution in [2.45, 2.75) is 6.42 Å². The Hall–Kier alpha value is -2.07. The van der Waals surface area contributed by atoms with Crippen LogP contribution in [0.5, 0.6) is 5.75 Å². The van der Waals surface area contributed by atoms with E-state index in [4.69, 9.17) is 11.6 Å². The van der Waals surface area contributed by atoms with Crippen LogP contribution >= 0.6 is 11.6 Å². The number of rotatable bonds is 3. The molecule has 1 aromatic heterocycles. The molecule has 18 heavy (non-hydrogen) atoms. The van der Waals surface area contributed by atoms with E-state index in [9.17, 15) is 9.90 Å². The number of carbonyl (C=O) groups excluding carboxylic acids is 1. The first-order chi connectivity index (χ1) is 8.66. The summed E-state index contributed by atoms with van der Waals surface area (Å²) in [5.74, 6) is -0.198. The van der Waals surface area contributed by atoms with Gasteiger partial charge in [0, 0.05) is 11.2 Å². The third-order valence-corrected chi connectivity index (χ3v) is 2.72. The molecule has 5 heteroatoms. The standard InChI is InChI=1S/C13H11ClN2O2/c14-10-5-2-1-4-9(10)8-12(18)16-13-11(17)6-3-7-15-13/h1-7,17H,8H2,(H,15,16,18). The molecule has 1 amide bonds. The second-order valence-corrected chi connectivity index (χ2v) is 4.09. The lowest BCUT2D eigenvalue weighted by Crippen LogP contribution is -2.15. The maximum absolute atomic E-state index is 11.8. The number of nitrogens with zero attached hydrogens (tertiary/aromatic N) is 1. The maximum atomic E-state index is 11.8. The Kier molecular flexibility index (Phi) is 3.79. The highest BCUT2D eigenvalue weighted by Crippen LogP contribution is 2.20. The molecule has 2 N–H and O–H groups in total. The zero-order valence-electron chi connectivity index (χ0n) is 9.43. The topological polar surface area (TPSA) is 62.2 Å². The number of carbonyl (C=O) groups is 1. The van der Waals surface area contributed by atoms with Crippen molar-refractivity contribution in [3.05, 3.63) is 53.2 Å². The molecule has 2 rings (SSSR count). The number of pyridine rings is 1. The van der Waals surface area contributed by atoms with Crippen LogP contribution in [0, 0.1) is 0 Å². The van der Waals surface area contributed by atoms with Gasteiger partial charge < -0.3 is 10.4 Å². The average molecular weight is 263 g/mol. The molecular formula is C13H11ClN2O2. The Morgan fingerprint density at radius 2 is 2.06 bits per heavy atom. The summed E-state index contributed by atoms with van der Waals surface area (Å²) in [5, 5.41) is 12.5. The number of hydrogen-bond acceptors (Lipinski definition) is 3. The van der Waals surface area contributed by atoms with Gasteiger partial charge >= 0.3 is 0 Å². The minimum Gasteiger partial charge on any atom is -0.504 e. The van der Waals surface area contributed by atoms with Crippen molar-refractivity contribution in [3.8, 4) is 5.75 Å². The summed E-state index contributed by atoms with van der Waals surface area (Å²) in [4.78, 5) is 15.6. The quantitative estimate of drug-likeness (QED) is 0.894. The molecule has 1 heterocycles.